The molecular weight excluding hydrogens is 174 g/mol. The third kappa shape index (κ3) is 1.74. The number of nitrogens with one attached hydrogen (secondary N) is 1. The molecule has 0 radical (unpaired) electrons. The summed E-state index contributed by atoms with van der Waals surface area (Å²) in [7, 11) is 0. The molecule has 0 aromatic heterocycles. The Labute approximate surface area is 80.1 Å². The molecule has 0 saturated carbocycles. The second-order valence-electron chi connectivity index (χ2n) is 3.91. The third-order valence-corrected chi connectivity index (χ3v) is 2.98. The lowest BCUT2D eigenvalue weighted by atomic mass is 10.1. The molecule has 3 N–H and O–H groups in total. The Bertz CT molecular complexity index is 139. The lowest BCUT2D eigenvalue weighted by Crippen LogP contribution is -2.56. The van der Waals surface area contributed by atoms with Crippen molar-refractivity contribution in [3.63, 3.8) is 0 Å². The maximum absolute atomic E-state index is 5.92. The number of nitrogens with zero attached hydrogens (tertiary/aromatic N) is 1. The summed E-state index contributed by atoms with van der Waals surface area (Å²) < 4.78 is 0. The molecule has 12 heavy (non-hydrogen) atoms. The highest BCUT2D eigenvalue weighted by atomic mass is 35.5. The average molecular weight is 192 g/mol. The fourth-order valence-electron chi connectivity index (χ4n) is 1.86. The first-order valence-electron chi connectivity index (χ1n) is 4.47. The van der Waals surface area contributed by atoms with E-state index in [0.717, 1.165) is 12.6 Å². The largest absolute Gasteiger partial charge is 0.326 e. The molecule has 2 fully saturated rings. The maximum atomic E-state index is 5.92. The summed E-state index contributed by atoms with van der Waals surface area (Å²) in [5.41, 5.74) is 5.92. The van der Waals surface area contributed by atoms with E-state index in [0.29, 0.717) is 12.0 Å². The third-order valence-electron chi connectivity index (χ3n) is 2.98. The first-order chi connectivity index (χ1) is 5.27. The van der Waals surface area contributed by atoms with Crippen molar-refractivity contribution in [3.05, 3.63) is 0 Å². The summed E-state index contributed by atoms with van der Waals surface area (Å²) in [5.74, 6) is 0.690. The van der Waals surface area contributed by atoms with Crippen LogP contribution in [0.5, 0.6) is 0 Å². The molecule has 2 atom stereocenters. The Hall–Kier alpha value is 0.170. The molecule has 0 aliphatic carbocycles. The van der Waals surface area contributed by atoms with E-state index in [4.69, 9.17) is 5.73 Å². The van der Waals surface area contributed by atoms with E-state index in [9.17, 15) is 0 Å². The van der Waals surface area contributed by atoms with Crippen LogP contribution < -0.4 is 11.1 Å². The summed E-state index contributed by atoms with van der Waals surface area (Å²) >= 11 is 0. The molecule has 2 aliphatic heterocycles. The lowest BCUT2D eigenvalue weighted by molar-refractivity contribution is 0.174. The highest BCUT2D eigenvalue weighted by molar-refractivity contribution is 5.85. The van der Waals surface area contributed by atoms with E-state index < -0.39 is 0 Å². The molecule has 0 aromatic rings. The monoisotopic (exact) mass is 191 g/mol. The fourth-order valence-corrected chi connectivity index (χ4v) is 1.86. The number of halogens is 1. The Kier molecular flexibility index (Phi) is 3.35. The molecule has 3 nitrogen and oxygen atoms in total. The van der Waals surface area contributed by atoms with Crippen molar-refractivity contribution in [2.45, 2.75) is 19.0 Å². The highest BCUT2D eigenvalue weighted by Gasteiger charge is 2.33. The van der Waals surface area contributed by atoms with E-state index >= 15 is 0 Å². The molecule has 2 saturated heterocycles. The van der Waals surface area contributed by atoms with E-state index in [1.54, 1.807) is 0 Å². The quantitative estimate of drug-likeness (QED) is 0.596. The van der Waals surface area contributed by atoms with Crippen LogP contribution in [0, 0.1) is 5.92 Å². The van der Waals surface area contributed by atoms with Gasteiger partial charge in [0.2, 0.25) is 0 Å². The first-order valence-corrected chi connectivity index (χ1v) is 4.47. The van der Waals surface area contributed by atoms with Gasteiger partial charge in [0.25, 0.3) is 0 Å². The minimum atomic E-state index is 0. The van der Waals surface area contributed by atoms with Crippen molar-refractivity contribution in [3.8, 4) is 0 Å². The van der Waals surface area contributed by atoms with E-state index in [1.165, 1.54) is 19.6 Å². The van der Waals surface area contributed by atoms with Crippen molar-refractivity contribution in [2.24, 2.45) is 11.7 Å². The van der Waals surface area contributed by atoms with Gasteiger partial charge >= 0.3 is 0 Å². The Balaban J connectivity index is 0.000000720. The fraction of sp³-hybridized carbons (Fsp3) is 1.00. The highest BCUT2D eigenvalue weighted by Crippen LogP contribution is 2.18. The molecule has 0 bridgehead atoms. The molecule has 0 spiro atoms. The van der Waals surface area contributed by atoms with Gasteiger partial charge in [-0.2, -0.15) is 0 Å². The second-order valence-corrected chi connectivity index (χ2v) is 3.91. The normalized spacial score (nSPS) is 37.5. The minimum Gasteiger partial charge on any atom is -0.326 e. The van der Waals surface area contributed by atoms with Gasteiger partial charge in [0, 0.05) is 38.3 Å². The van der Waals surface area contributed by atoms with Crippen molar-refractivity contribution in [1.82, 2.24) is 10.2 Å². The van der Waals surface area contributed by atoms with Gasteiger partial charge in [0.15, 0.2) is 0 Å². The SMILES string of the molecule is CC1CN(C2CNC2)CC1N.Cl. The summed E-state index contributed by atoms with van der Waals surface area (Å²) in [6.45, 7) is 6.89. The summed E-state index contributed by atoms with van der Waals surface area (Å²) in [5, 5.41) is 3.29. The van der Waals surface area contributed by atoms with Crippen molar-refractivity contribution >= 4 is 12.4 Å². The summed E-state index contributed by atoms with van der Waals surface area (Å²) in [6, 6.07) is 1.20. The lowest BCUT2D eigenvalue weighted by Gasteiger charge is -2.35. The van der Waals surface area contributed by atoms with Crippen LogP contribution in [-0.4, -0.2) is 43.2 Å². The zero-order chi connectivity index (χ0) is 7.84. The van der Waals surface area contributed by atoms with E-state index in [1.807, 2.05) is 0 Å². The summed E-state index contributed by atoms with van der Waals surface area (Å²) in [4.78, 5) is 2.52. The second kappa shape index (κ2) is 3.92. The number of likely N-dealkylation sites (tertiary alicyclic amines) is 1. The van der Waals surface area contributed by atoms with Crippen molar-refractivity contribution in [1.29, 1.82) is 0 Å². The van der Waals surface area contributed by atoms with Crippen LogP contribution in [0.3, 0.4) is 0 Å². The van der Waals surface area contributed by atoms with Gasteiger partial charge in [-0.1, -0.05) is 6.92 Å². The number of hydrogen-bond donors (Lipinski definition) is 2. The van der Waals surface area contributed by atoms with Crippen LogP contribution in [0.1, 0.15) is 6.92 Å². The average Bonchev–Trinajstić information content (AvgIpc) is 2.08. The van der Waals surface area contributed by atoms with Crippen LogP contribution in [-0.2, 0) is 0 Å². The molecule has 0 amide bonds. The van der Waals surface area contributed by atoms with E-state index in [-0.39, 0.29) is 12.4 Å². The molecule has 0 aromatic carbocycles. The molecule has 2 rings (SSSR count). The maximum Gasteiger partial charge on any atom is 0.0346 e. The number of hydrogen-bond acceptors (Lipinski definition) is 3. The molecule has 2 unspecified atom stereocenters. The van der Waals surface area contributed by atoms with Gasteiger partial charge < -0.3 is 11.1 Å². The summed E-state index contributed by atoms with van der Waals surface area (Å²) in [6.07, 6.45) is 0. The van der Waals surface area contributed by atoms with Crippen LogP contribution in [0.15, 0.2) is 0 Å². The standard InChI is InChI=1S/C8H17N3.ClH/c1-6-4-11(5-8(6)9)7-2-10-3-7;/h6-8,10H,2-5,9H2,1H3;1H. The number of rotatable bonds is 1. The Morgan fingerprint density at radius 2 is 2.00 bits per heavy atom. The minimum absolute atomic E-state index is 0. The van der Waals surface area contributed by atoms with Gasteiger partial charge in [0.05, 0.1) is 0 Å². The van der Waals surface area contributed by atoms with Crippen molar-refractivity contribution < 1.29 is 0 Å². The Morgan fingerprint density at radius 3 is 2.33 bits per heavy atom. The van der Waals surface area contributed by atoms with Crippen LogP contribution in [0.2, 0.25) is 0 Å². The van der Waals surface area contributed by atoms with Gasteiger partial charge in [0.1, 0.15) is 0 Å². The molecule has 2 aliphatic rings. The predicted molar refractivity (Wildman–Crippen MR) is 52.6 cm³/mol. The van der Waals surface area contributed by atoms with Crippen LogP contribution in [0.25, 0.3) is 0 Å². The van der Waals surface area contributed by atoms with Gasteiger partial charge in [-0.05, 0) is 5.92 Å². The van der Waals surface area contributed by atoms with Crippen LogP contribution >= 0.6 is 12.4 Å². The molecule has 4 heteroatoms. The Morgan fingerprint density at radius 1 is 1.33 bits per heavy atom. The zero-order valence-corrected chi connectivity index (χ0v) is 8.31. The number of nitrogens with two attached hydrogens (primary N) is 1. The topological polar surface area (TPSA) is 41.3 Å². The molecular formula is C8H18ClN3. The smallest absolute Gasteiger partial charge is 0.0346 e. The van der Waals surface area contributed by atoms with Gasteiger partial charge in [-0.3, -0.25) is 4.90 Å². The van der Waals surface area contributed by atoms with Crippen LogP contribution in [0.4, 0.5) is 0 Å². The van der Waals surface area contributed by atoms with Crippen molar-refractivity contribution in [2.75, 3.05) is 26.2 Å². The van der Waals surface area contributed by atoms with Gasteiger partial charge in [-0.25, -0.2) is 0 Å². The van der Waals surface area contributed by atoms with Gasteiger partial charge in [-0.15, -0.1) is 12.4 Å². The first kappa shape index (κ1) is 10.3. The predicted octanol–water partition coefficient (Wildman–Crippen LogP) is -0.341. The molecule has 72 valence electrons. The van der Waals surface area contributed by atoms with E-state index in [2.05, 4.69) is 17.1 Å². The molecule has 2 heterocycles. The zero-order valence-electron chi connectivity index (χ0n) is 7.49.